The molecule has 130 valence electrons. The predicted molar refractivity (Wildman–Crippen MR) is 88.5 cm³/mol. The number of benzene rings is 1. The van der Waals surface area contributed by atoms with Crippen molar-refractivity contribution in [1.82, 2.24) is 4.98 Å². The van der Waals surface area contributed by atoms with E-state index in [-0.39, 0.29) is 0 Å². The number of alkyl halides is 2. The van der Waals surface area contributed by atoms with Crippen molar-refractivity contribution in [3.8, 4) is 17.0 Å². The van der Waals surface area contributed by atoms with Gasteiger partial charge in [0.25, 0.3) is 5.92 Å². The molecule has 0 aliphatic carbocycles. The molecule has 0 radical (unpaired) electrons. The first-order valence-electron chi connectivity index (χ1n) is 7.08. The second kappa shape index (κ2) is 9.07. The van der Waals surface area contributed by atoms with Gasteiger partial charge in [-0.3, -0.25) is 4.98 Å². The molecule has 0 saturated carbocycles. The number of aromatic nitrogens is 1. The lowest BCUT2D eigenvalue weighted by Gasteiger charge is -2.12. The average molecular weight is 356 g/mol. The van der Waals surface area contributed by atoms with E-state index < -0.39 is 24.1 Å². The Morgan fingerprint density at radius 3 is 2.42 bits per heavy atom. The number of rotatable bonds is 5. The molecule has 2 rings (SSSR count). The van der Waals surface area contributed by atoms with Crippen molar-refractivity contribution in [2.75, 3.05) is 12.3 Å². The second-order valence-electron chi connectivity index (χ2n) is 5.08. The number of halogens is 2. The van der Waals surface area contributed by atoms with Gasteiger partial charge in [0, 0.05) is 18.2 Å². The minimum absolute atomic E-state index is 0.322. The molecular weight excluding hydrogens is 338 g/mol. The minimum atomic E-state index is -2.86. The summed E-state index contributed by atoms with van der Waals surface area (Å²) in [6, 6.07) is 9.06. The summed E-state index contributed by atoms with van der Waals surface area (Å²) in [7, 11) is 0. The molecule has 0 aliphatic heterocycles. The van der Waals surface area contributed by atoms with Crippen LogP contribution >= 0.6 is 0 Å². The molecule has 1 heterocycles. The molecule has 2 aromatic rings. The molecule has 5 nitrogen and oxygen atoms in total. The summed E-state index contributed by atoms with van der Waals surface area (Å²) >= 11 is -0.750. The second-order valence-corrected chi connectivity index (χ2v) is 5.21. The van der Waals surface area contributed by atoms with Crippen molar-refractivity contribution < 1.29 is 21.9 Å². The van der Waals surface area contributed by atoms with Crippen LogP contribution < -0.4 is 10.5 Å². The topological polar surface area (TPSA) is 82.3 Å². The highest BCUT2D eigenvalue weighted by molar-refractivity contribution is 7.51. The number of hydrogen-bond donors (Lipinski definition) is 1. The highest BCUT2D eigenvalue weighted by atomic mass is 32.1. The molecule has 0 atom stereocenters. The SMILES string of the molecule is CCc1ccc(N)cc1-c1ccc(OCC(C)(F)F)cn1.O=S=O. The van der Waals surface area contributed by atoms with E-state index in [9.17, 15) is 8.78 Å². The molecule has 0 unspecified atom stereocenters. The van der Waals surface area contributed by atoms with Crippen LogP contribution in [0.2, 0.25) is 0 Å². The number of pyridine rings is 1. The number of nitrogens with two attached hydrogens (primary N) is 1. The lowest BCUT2D eigenvalue weighted by atomic mass is 10.0. The van der Waals surface area contributed by atoms with Gasteiger partial charge in [-0.25, -0.2) is 8.78 Å². The molecule has 0 bridgehead atoms. The van der Waals surface area contributed by atoms with Crippen molar-refractivity contribution in [1.29, 1.82) is 0 Å². The van der Waals surface area contributed by atoms with E-state index in [0.29, 0.717) is 11.4 Å². The Balaban J connectivity index is 0.000000891. The van der Waals surface area contributed by atoms with Gasteiger partial charge in [-0.15, -0.1) is 0 Å². The van der Waals surface area contributed by atoms with Gasteiger partial charge in [0.05, 0.1) is 11.9 Å². The van der Waals surface area contributed by atoms with E-state index >= 15 is 0 Å². The quantitative estimate of drug-likeness (QED) is 0.832. The molecule has 1 aromatic heterocycles. The fourth-order valence-corrected chi connectivity index (χ4v) is 1.98. The third-order valence-corrected chi connectivity index (χ3v) is 3.02. The van der Waals surface area contributed by atoms with Crippen molar-refractivity contribution in [3.63, 3.8) is 0 Å². The Hall–Kier alpha value is -2.35. The van der Waals surface area contributed by atoms with Crippen LogP contribution in [0.5, 0.6) is 5.75 Å². The predicted octanol–water partition coefficient (Wildman–Crippen LogP) is 3.26. The van der Waals surface area contributed by atoms with E-state index in [1.54, 1.807) is 12.1 Å². The van der Waals surface area contributed by atoms with E-state index in [4.69, 9.17) is 18.9 Å². The van der Waals surface area contributed by atoms with Gasteiger partial charge in [-0.1, -0.05) is 13.0 Å². The van der Waals surface area contributed by atoms with Crippen LogP contribution in [0.15, 0.2) is 36.5 Å². The minimum Gasteiger partial charge on any atom is -0.486 e. The standard InChI is InChI=1S/C16H18F2N2O.O2S/c1-3-11-4-5-12(19)8-14(11)15-7-6-13(9-20-15)21-10-16(2,17)18;1-3-2/h4-9H,3,10,19H2,1-2H3;. The number of aryl methyl sites for hydroxylation is 1. The molecule has 24 heavy (non-hydrogen) atoms. The Bertz CT molecular complexity index is 697. The van der Waals surface area contributed by atoms with Crippen LogP contribution in [-0.2, 0) is 18.0 Å². The normalized spacial score (nSPS) is 10.5. The fraction of sp³-hybridized carbons (Fsp3) is 0.312. The Kier molecular flexibility index (Phi) is 7.44. The molecule has 0 fully saturated rings. The first-order valence-corrected chi connectivity index (χ1v) is 7.74. The third kappa shape index (κ3) is 6.41. The van der Waals surface area contributed by atoms with Crippen LogP contribution in [0.25, 0.3) is 11.3 Å². The van der Waals surface area contributed by atoms with Crippen LogP contribution in [0.3, 0.4) is 0 Å². The molecule has 8 heteroatoms. The molecule has 0 spiro atoms. The van der Waals surface area contributed by atoms with Crippen molar-refractivity contribution >= 4 is 17.3 Å². The maximum Gasteiger partial charge on any atom is 0.335 e. The van der Waals surface area contributed by atoms with Gasteiger partial charge in [0.2, 0.25) is 0 Å². The molecule has 2 N–H and O–H groups in total. The lowest BCUT2D eigenvalue weighted by molar-refractivity contribution is -0.0230. The number of ether oxygens (including phenoxy) is 1. The Morgan fingerprint density at radius 1 is 1.25 bits per heavy atom. The number of anilines is 1. The first kappa shape index (κ1) is 19.7. The summed E-state index contributed by atoms with van der Waals surface area (Å²) < 4.78 is 47.1. The van der Waals surface area contributed by atoms with Crippen molar-refractivity contribution in [2.24, 2.45) is 0 Å². The van der Waals surface area contributed by atoms with E-state index in [1.165, 1.54) is 6.20 Å². The zero-order valence-electron chi connectivity index (χ0n) is 13.3. The molecule has 1 aromatic carbocycles. The summed E-state index contributed by atoms with van der Waals surface area (Å²) in [5, 5.41) is 0. The Morgan fingerprint density at radius 2 is 1.92 bits per heavy atom. The van der Waals surface area contributed by atoms with E-state index in [1.807, 2.05) is 18.2 Å². The number of hydrogen-bond acceptors (Lipinski definition) is 5. The maximum absolute atomic E-state index is 12.7. The molecular formula is C16H18F2N2O3S. The maximum atomic E-state index is 12.7. The molecule has 0 amide bonds. The molecule has 0 saturated heterocycles. The largest absolute Gasteiger partial charge is 0.486 e. The van der Waals surface area contributed by atoms with Gasteiger partial charge in [0.1, 0.15) is 5.75 Å². The van der Waals surface area contributed by atoms with Gasteiger partial charge >= 0.3 is 11.6 Å². The Labute approximate surface area is 142 Å². The van der Waals surface area contributed by atoms with Gasteiger partial charge < -0.3 is 10.5 Å². The van der Waals surface area contributed by atoms with Crippen LogP contribution in [-0.4, -0.2) is 25.9 Å². The number of nitrogen functional groups attached to an aromatic ring is 1. The summed E-state index contributed by atoms with van der Waals surface area (Å²) in [4.78, 5) is 4.27. The summed E-state index contributed by atoms with van der Waals surface area (Å²) in [5.74, 6) is -2.54. The summed E-state index contributed by atoms with van der Waals surface area (Å²) in [5.41, 5.74) is 9.30. The van der Waals surface area contributed by atoms with E-state index in [2.05, 4.69) is 11.9 Å². The smallest absolute Gasteiger partial charge is 0.335 e. The third-order valence-electron chi connectivity index (χ3n) is 3.02. The van der Waals surface area contributed by atoms with E-state index in [0.717, 1.165) is 30.2 Å². The summed E-state index contributed by atoms with van der Waals surface area (Å²) in [6.45, 7) is 2.21. The zero-order valence-corrected chi connectivity index (χ0v) is 14.1. The van der Waals surface area contributed by atoms with Gasteiger partial charge in [-0.05, 0) is 36.2 Å². The number of nitrogens with zero attached hydrogens (tertiary/aromatic N) is 1. The highest BCUT2D eigenvalue weighted by Gasteiger charge is 2.22. The van der Waals surface area contributed by atoms with Crippen LogP contribution in [0, 0.1) is 0 Å². The van der Waals surface area contributed by atoms with Crippen LogP contribution in [0.4, 0.5) is 14.5 Å². The fourth-order valence-electron chi connectivity index (χ4n) is 1.98. The first-order chi connectivity index (χ1) is 11.3. The van der Waals surface area contributed by atoms with Crippen molar-refractivity contribution in [2.45, 2.75) is 26.2 Å². The monoisotopic (exact) mass is 356 g/mol. The highest BCUT2D eigenvalue weighted by Crippen LogP contribution is 2.26. The summed E-state index contributed by atoms with van der Waals surface area (Å²) in [6.07, 6.45) is 2.31. The average Bonchev–Trinajstić information content (AvgIpc) is 2.53. The van der Waals surface area contributed by atoms with Crippen molar-refractivity contribution in [3.05, 3.63) is 42.1 Å². The molecule has 0 aliphatic rings. The van der Waals surface area contributed by atoms with Gasteiger partial charge in [-0.2, -0.15) is 8.42 Å². The zero-order chi connectivity index (χ0) is 18.2. The van der Waals surface area contributed by atoms with Gasteiger partial charge in [0.15, 0.2) is 6.61 Å². The lowest BCUT2D eigenvalue weighted by Crippen LogP contribution is -2.20. The van der Waals surface area contributed by atoms with Crippen LogP contribution in [0.1, 0.15) is 19.4 Å².